The van der Waals surface area contributed by atoms with Crippen molar-refractivity contribution in [3.05, 3.63) is 79.3 Å². The van der Waals surface area contributed by atoms with Gasteiger partial charge in [-0.25, -0.2) is 4.39 Å². The van der Waals surface area contributed by atoms with Gasteiger partial charge in [-0.2, -0.15) is 5.10 Å². The van der Waals surface area contributed by atoms with Crippen molar-refractivity contribution in [2.45, 2.75) is 38.2 Å². The van der Waals surface area contributed by atoms with Crippen LogP contribution in [-0.4, -0.2) is 36.2 Å². The van der Waals surface area contributed by atoms with E-state index in [4.69, 9.17) is 4.74 Å². The molecule has 0 saturated heterocycles. The zero-order chi connectivity index (χ0) is 25.5. The van der Waals surface area contributed by atoms with E-state index in [2.05, 4.69) is 30.1 Å². The van der Waals surface area contributed by atoms with Crippen molar-refractivity contribution in [3.63, 3.8) is 0 Å². The van der Waals surface area contributed by atoms with Gasteiger partial charge in [0.25, 0.3) is 0 Å². The minimum absolute atomic E-state index is 0.252. The molecular weight excluding hydrogens is 479 g/mol. The first-order valence-electron chi connectivity index (χ1n) is 12.9. The Morgan fingerprint density at radius 2 is 1.68 bits per heavy atom. The van der Waals surface area contributed by atoms with Gasteiger partial charge < -0.3 is 9.72 Å². The van der Waals surface area contributed by atoms with Crippen molar-refractivity contribution in [3.8, 4) is 39.5 Å². The molecule has 2 N–H and O–H groups in total. The van der Waals surface area contributed by atoms with Crippen LogP contribution in [0, 0.1) is 5.82 Å². The van der Waals surface area contributed by atoms with Crippen molar-refractivity contribution in [2.24, 2.45) is 0 Å². The van der Waals surface area contributed by atoms with Gasteiger partial charge in [-0.1, -0.05) is 24.6 Å². The predicted molar refractivity (Wildman–Crippen MR) is 145 cm³/mol. The highest BCUT2D eigenvalue weighted by Gasteiger charge is 2.18. The molecule has 7 rings (SSSR count). The highest BCUT2D eigenvalue weighted by atomic mass is 19.1. The van der Waals surface area contributed by atoms with Crippen molar-refractivity contribution in [1.29, 1.82) is 0 Å². The summed E-state index contributed by atoms with van der Waals surface area (Å²) in [4.78, 5) is 16.8. The topological polar surface area (TPSA) is 92.4 Å². The Morgan fingerprint density at radius 3 is 2.58 bits per heavy atom. The van der Waals surface area contributed by atoms with E-state index in [0.717, 1.165) is 68.6 Å². The minimum Gasteiger partial charge on any atom is -0.489 e. The molecule has 8 heteroatoms. The Bertz CT molecular complexity index is 1770. The van der Waals surface area contributed by atoms with Gasteiger partial charge in [-0.15, -0.1) is 0 Å². The molecule has 1 saturated carbocycles. The molecule has 1 aliphatic rings. The number of pyridine rings is 3. The summed E-state index contributed by atoms with van der Waals surface area (Å²) in [5.41, 5.74) is 6.09. The number of halogens is 1. The minimum atomic E-state index is -0.284. The number of aromatic amines is 2. The Balaban J connectivity index is 1.26. The number of benzene rings is 1. The normalized spacial score (nSPS) is 14.3. The number of fused-ring (bicyclic) bond motifs is 2. The van der Waals surface area contributed by atoms with Crippen molar-refractivity contribution in [1.82, 2.24) is 30.1 Å². The number of nitrogens with zero attached hydrogens (tertiary/aromatic N) is 4. The molecule has 1 aliphatic carbocycles. The van der Waals surface area contributed by atoms with Crippen LogP contribution >= 0.6 is 0 Å². The van der Waals surface area contributed by atoms with E-state index in [-0.39, 0.29) is 11.9 Å². The van der Waals surface area contributed by atoms with Crippen LogP contribution < -0.4 is 4.74 Å². The highest BCUT2D eigenvalue weighted by molar-refractivity contribution is 6.01. The first kappa shape index (κ1) is 22.6. The summed E-state index contributed by atoms with van der Waals surface area (Å²) in [6, 6.07) is 12.7. The Kier molecular flexibility index (Phi) is 5.57. The number of aromatic nitrogens is 6. The third kappa shape index (κ3) is 4.08. The maximum absolute atomic E-state index is 14.6. The van der Waals surface area contributed by atoms with E-state index in [1.165, 1.54) is 25.3 Å². The van der Waals surface area contributed by atoms with Gasteiger partial charge in [0.15, 0.2) is 0 Å². The number of hydrogen-bond donors (Lipinski definition) is 2. The molecule has 0 radical (unpaired) electrons. The maximum Gasteiger partial charge on any atom is 0.138 e. The molecule has 0 amide bonds. The lowest BCUT2D eigenvalue weighted by atomic mass is 9.98. The van der Waals surface area contributed by atoms with Crippen LogP contribution in [0.5, 0.6) is 5.75 Å². The summed E-state index contributed by atoms with van der Waals surface area (Å²) < 4.78 is 20.8. The zero-order valence-corrected chi connectivity index (χ0v) is 20.6. The number of hydrogen-bond acceptors (Lipinski definition) is 5. The second-order valence-electron chi connectivity index (χ2n) is 9.79. The van der Waals surface area contributed by atoms with Crippen LogP contribution in [0.1, 0.15) is 32.1 Å². The molecule has 1 aromatic carbocycles. The lowest BCUT2D eigenvalue weighted by molar-refractivity contribution is 0.154. The smallest absolute Gasteiger partial charge is 0.138 e. The van der Waals surface area contributed by atoms with Gasteiger partial charge in [0.05, 0.1) is 47.1 Å². The van der Waals surface area contributed by atoms with Crippen LogP contribution in [0.4, 0.5) is 4.39 Å². The summed E-state index contributed by atoms with van der Waals surface area (Å²) in [5, 5.41) is 9.46. The molecule has 1 fully saturated rings. The van der Waals surface area contributed by atoms with Crippen molar-refractivity contribution < 1.29 is 9.13 Å². The summed E-state index contributed by atoms with van der Waals surface area (Å²) in [6.07, 6.45) is 14.9. The molecule has 0 bridgehead atoms. The predicted octanol–water partition coefficient (Wildman–Crippen LogP) is 7.08. The standard InChI is InChI=1S/C30H25FN6O/c31-25-9-5-4-8-21(25)24-15-33-16-28-22(24)11-27(35-28)30-23-12-26(34-17-29(23)36-37-30)18-10-20(14-32-13-18)38-19-6-2-1-3-7-19/h4-5,8-17,19,35H,1-3,6-7H2,(H,36,37). The highest BCUT2D eigenvalue weighted by Crippen LogP contribution is 2.35. The number of rotatable bonds is 5. The fourth-order valence-electron chi connectivity index (χ4n) is 5.35. The van der Waals surface area contributed by atoms with Crippen molar-refractivity contribution >= 4 is 21.8 Å². The molecule has 188 valence electrons. The summed E-state index contributed by atoms with van der Waals surface area (Å²) >= 11 is 0. The first-order chi connectivity index (χ1) is 18.7. The third-order valence-corrected chi connectivity index (χ3v) is 7.28. The molecule has 38 heavy (non-hydrogen) atoms. The van der Waals surface area contributed by atoms with Crippen LogP contribution in [0.2, 0.25) is 0 Å². The van der Waals surface area contributed by atoms with Gasteiger partial charge >= 0.3 is 0 Å². The lowest BCUT2D eigenvalue weighted by Crippen LogP contribution is -2.19. The lowest BCUT2D eigenvalue weighted by Gasteiger charge is -2.22. The van der Waals surface area contributed by atoms with Gasteiger partial charge in [-0.05, 0) is 49.9 Å². The van der Waals surface area contributed by atoms with Crippen molar-refractivity contribution in [2.75, 3.05) is 0 Å². The maximum atomic E-state index is 14.6. The van der Waals surface area contributed by atoms with E-state index in [0.29, 0.717) is 5.56 Å². The van der Waals surface area contributed by atoms with E-state index >= 15 is 0 Å². The Hall–Kier alpha value is -4.59. The third-order valence-electron chi connectivity index (χ3n) is 7.28. The molecule has 0 atom stereocenters. The molecule has 0 spiro atoms. The van der Waals surface area contributed by atoms with Crippen LogP contribution in [0.15, 0.2) is 73.4 Å². The molecule has 6 aromatic rings. The fraction of sp³-hybridized carbons (Fsp3) is 0.200. The van der Waals surface area contributed by atoms with E-state index < -0.39 is 0 Å². The average molecular weight is 505 g/mol. The van der Waals surface area contributed by atoms with Gasteiger partial charge in [0.1, 0.15) is 17.3 Å². The van der Waals surface area contributed by atoms with E-state index in [1.54, 1.807) is 43.1 Å². The monoisotopic (exact) mass is 504 g/mol. The van der Waals surface area contributed by atoms with E-state index in [1.807, 2.05) is 24.3 Å². The average Bonchev–Trinajstić information content (AvgIpc) is 3.58. The summed E-state index contributed by atoms with van der Waals surface area (Å²) in [6.45, 7) is 0. The SMILES string of the molecule is Fc1ccccc1-c1cncc2[nH]c(-c3n[nH]c4cnc(-c5cncc(OC6CCCCC6)c5)cc34)cc12. The van der Waals surface area contributed by atoms with Crippen LogP contribution in [-0.2, 0) is 0 Å². The second-order valence-corrected chi connectivity index (χ2v) is 9.79. The molecule has 0 unspecified atom stereocenters. The first-order valence-corrected chi connectivity index (χ1v) is 12.9. The fourth-order valence-corrected chi connectivity index (χ4v) is 5.35. The van der Waals surface area contributed by atoms with Crippen LogP contribution in [0.25, 0.3) is 55.6 Å². The van der Waals surface area contributed by atoms with Crippen LogP contribution in [0.3, 0.4) is 0 Å². The largest absolute Gasteiger partial charge is 0.489 e. The number of H-pyrrole nitrogens is 2. The zero-order valence-electron chi connectivity index (χ0n) is 20.6. The molecule has 5 heterocycles. The van der Waals surface area contributed by atoms with E-state index in [9.17, 15) is 4.39 Å². The number of ether oxygens (including phenoxy) is 1. The second kappa shape index (κ2) is 9.37. The Labute approximate surface area is 218 Å². The van der Waals surface area contributed by atoms with Gasteiger partial charge in [0, 0.05) is 39.9 Å². The molecular formula is C30H25FN6O. The van der Waals surface area contributed by atoms with Gasteiger partial charge in [-0.3, -0.25) is 20.1 Å². The number of nitrogens with one attached hydrogen (secondary N) is 2. The molecule has 5 aromatic heterocycles. The molecule has 0 aliphatic heterocycles. The quantitative estimate of drug-likeness (QED) is 0.262. The summed E-state index contributed by atoms with van der Waals surface area (Å²) in [7, 11) is 0. The molecule has 7 nitrogen and oxygen atoms in total. The summed E-state index contributed by atoms with van der Waals surface area (Å²) in [5.74, 6) is 0.487. The Morgan fingerprint density at radius 1 is 0.816 bits per heavy atom. The van der Waals surface area contributed by atoms with Gasteiger partial charge in [0.2, 0.25) is 0 Å².